The molecule has 5 nitrogen and oxygen atoms in total. The van der Waals surface area contributed by atoms with Gasteiger partial charge < -0.3 is 10.2 Å². The average Bonchev–Trinajstić information content (AvgIpc) is 2.44. The molecule has 2 aromatic rings. The number of hydrazone groups is 1. The molecule has 0 amide bonds. The minimum absolute atomic E-state index is 0.122. The fourth-order valence-corrected chi connectivity index (χ4v) is 2.09. The zero-order chi connectivity index (χ0) is 15.4. The van der Waals surface area contributed by atoms with Crippen LogP contribution in [0.25, 0.3) is 0 Å². The third kappa shape index (κ3) is 3.87. The van der Waals surface area contributed by atoms with E-state index in [9.17, 15) is 9.90 Å². The van der Waals surface area contributed by atoms with Crippen molar-refractivity contribution in [3.63, 3.8) is 0 Å². The van der Waals surface area contributed by atoms with Crippen molar-refractivity contribution in [1.82, 2.24) is 0 Å². The second-order valence-electron chi connectivity index (χ2n) is 4.08. The molecule has 0 saturated heterocycles. The summed E-state index contributed by atoms with van der Waals surface area (Å²) in [6.45, 7) is 0. The molecule has 0 fully saturated rings. The lowest BCUT2D eigenvalue weighted by atomic mass is 10.2. The van der Waals surface area contributed by atoms with Gasteiger partial charge in [-0.1, -0.05) is 29.3 Å². The van der Waals surface area contributed by atoms with E-state index in [0.29, 0.717) is 16.3 Å². The highest BCUT2D eigenvalue weighted by molar-refractivity contribution is 6.36. The maximum absolute atomic E-state index is 10.8. The molecule has 0 aliphatic heterocycles. The second-order valence-corrected chi connectivity index (χ2v) is 4.93. The van der Waals surface area contributed by atoms with Gasteiger partial charge in [0.2, 0.25) is 0 Å². The number of aromatic hydroxyl groups is 1. The summed E-state index contributed by atoms with van der Waals surface area (Å²) >= 11 is 11.6. The monoisotopic (exact) mass is 324 g/mol. The Balaban J connectivity index is 2.16. The quantitative estimate of drug-likeness (QED) is 0.589. The lowest BCUT2D eigenvalue weighted by Crippen LogP contribution is -1.97. The van der Waals surface area contributed by atoms with Crippen LogP contribution in [-0.2, 0) is 0 Å². The Morgan fingerprint density at radius 3 is 2.71 bits per heavy atom. The van der Waals surface area contributed by atoms with Crippen molar-refractivity contribution in [1.29, 1.82) is 0 Å². The van der Waals surface area contributed by atoms with E-state index in [0.717, 1.165) is 0 Å². The van der Waals surface area contributed by atoms with Crippen LogP contribution in [0.5, 0.6) is 5.75 Å². The first kappa shape index (κ1) is 15.2. The van der Waals surface area contributed by atoms with Crippen LogP contribution in [-0.4, -0.2) is 22.4 Å². The highest BCUT2D eigenvalue weighted by atomic mass is 35.5. The molecule has 0 spiro atoms. The highest BCUT2D eigenvalue weighted by Gasteiger charge is 2.06. The van der Waals surface area contributed by atoms with E-state index in [1.54, 1.807) is 12.1 Å². The number of rotatable bonds is 4. The molecular formula is C14H10Cl2N2O3. The van der Waals surface area contributed by atoms with Crippen molar-refractivity contribution >= 4 is 41.1 Å². The molecule has 0 bridgehead atoms. The number of hydrogen-bond donors (Lipinski definition) is 3. The third-order valence-corrected chi connectivity index (χ3v) is 3.07. The Bertz CT molecular complexity index is 717. The molecule has 0 heterocycles. The van der Waals surface area contributed by atoms with Crippen LogP contribution < -0.4 is 5.43 Å². The van der Waals surface area contributed by atoms with E-state index >= 15 is 0 Å². The summed E-state index contributed by atoms with van der Waals surface area (Å²) in [5, 5.41) is 23.0. The first-order chi connectivity index (χ1) is 9.97. The van der Waals surface area contributed by atoms with Gasteiger partial charge in [0.15, 0.2) is 0 Å². The molecule has 0 unspecified atom stereocenters. The van der Waals surface area contributed by atoms with Crippen molar-refractivity contribution in [2.24, 2.45) is 5.10 Å². The lowest BCUT2D eigenvalue weighted by molar-refractivity contribution is 0.0697. The Kier molecular flexibility index (Phi) is 4.67. The highest BCUT2D eigenvalue weighted by Crippen LogP contribution is 2.30. The SMILES string of the molecule is O=C(O)c1cccc(N/N=C/c2cc(Cl)cc(Cl)c2O)c1. The number of hydrogen-bond acceptors (Lipinski definition) is 4. The van der Waals surface area contributed by atoms with Crippen molar-refractivity contribution in [2.45, 2.75) is 0 Å². The van der Waals surface area contributed by atoms with Crippen LogP contribution >= 0.6 is 23.2 Å². The van der Waals surface area contributed by atoms with Gasteiger partial charge in [0.25, 0.3) is 0 Å². The zero-order valence-corrected chi connectivity index (χ0v) is 12.1. The van der Waals surface area contributed by atoms with Crippen LogP contribution in [0, 0.1) is 0 Å². The molecule has 2 rings (SSSR count). The Morgan fingerprint density at radius 2 is 2.00 bits per heavy atom. The Labute approximate surface area is 130 Å². The van der Waals surface area contributed by atoms with Gasteiger partial charge in [-0.3, -0.25) is 5.43 Å². The van der Waals surface area contributed by atoms with Gasteiger partial charge in [-0.2, -0.15) is 5.10 Å². The van der Waals surface area contributed by atoms with Crippen LogP contribution in [0.15, 0.2) is 41.5 Å². The van der Waals surface area contributed by atoms with Gasteiger partial charge in [0.05, 0.1) is 22.5 Å². The van der Waals surface area contributed by atoms with E-state index in [2.05, 4.69) is 10.5 Å². The smallest absolute Gasteiger partial charge is 0.335 e. The standard InChI is InChI=1S/C14H10Cl2N2O3/c15-10-4-9(13(19)12(16)6-10)7-17-18-11-3-1-2-8(5-11)14(20)21/h1-7,18-19H,(H,20,21)/b17-7+. The fraction of sp³-hybridized carbons (Fsp3) is 0. The largest absolute Gasteiger partial charge is 0.506 e. The first-order valence-corrected chi connectivity index (χ1v) is 6.53. The van der Waals surface area contributed by atoms with Gasteiger partial charge in [-0.15, -0.1) is 0 Å². The number of carbonyl (C=O) groups is 1. The van der Waals surface area contributed by atoms with Crippen LogP contribution in [0.3, 0.4) is 0 Å². The van der Waals surface area contributed by atoms with E-state index in [1.165, 1.54) is 30.5 Å². The first-order valence-electron chi connectivity index (χ1n) is 5.78. The van der Waals surface area contributed by atoms with Crippen molar-refractivity contribution in [3.05, 3.63) is 57.6 Å². The maximum atomic E-state index is 10.8. The summed E-state index contributed by atoms with van der Waals surface area (Å²) in [5.74, 6) is -1.16. The summed E-state index contributed by atoms with van der Waals surface area (Å²) in [6.07, 6.45) is 1.33. The van der Waals surface area contributed by atoms with Crippen LogP contribution in [0.2, 0.25) is 10.0 Å². The molecule has 7 heteroatoms. The number of nitrogens with one attached hydrogen (secondary N) is 1. The number of phenolic OH excluding ortho intramolecular Hbond substituents is 1. The molecule has 0 aliphatic rings. The summed E-state index contributed by atoms with van der Waals surface area (Å²) in [5.41, 5.74) is 3.65. The molecule has 2 aromatic carbocycles. The Morgan fingerprint density at radius 1 is 1.24 bits per heavy atom. The molecule has 0 aliphatic carbocycles. The average molecular weight is 325 g/mol. The summed E-state index contributed by atoms with van der Waals surface area (Å²) in [7, 11) is 0. The number of phenols is 1. The maximum Gasteiger partial charge on any atom is 0.335 e. The minimum Gasteiger partial charge on any atom is -0.506 e. The third-order valence-electron chi connectivity index (χ3n) is 2.56. The molecule has 108 valence electrons. The van der Waals surface area contributed by atoms with E-state index in [-0.39, 0.29) is 16.3 Å². The number of halogens is 2. The molecular weight excluding hydrogens is 315 g/mol. The molecule has 3 N–H and O–H groups in total. The predicted octanol–water partition coefficient (Wildman–Crippen LogP) is 3.84. The van der Waals surface area contributed by atoms with Gasteiger partial charge in [-0.05, 0) is 30.3 Å². The molecule has 0 saturated carbocycles. The van der Waals surface area contributed by atoms with Gasteiger partial charge in [0, 0.05) is 10.6 Å². The molecule has 0 radical (unpaired) electrons. The normalized spacial score (nSPS) is 10.8. The fourth-order valence-electron chi connectivity index (χ4n) is 1.58. The topological polar surface area (TPSA) is 81.9 Å². The van der Waals surface area contributed by atoms with Gasteiger partial charge >= 0.3 is 5.97 Å². The summed E-state index contributed by atoms with van der Waals surface area (Å²) in [6, 6.07) is 9.08. The number of nitrogens with zero attached hydrogens (tertiary/aromatic N) is 1. The number of benzene rings is 2. The number of carboxylic acids is 1. The lowest BCUT2D eigenvalue weighted by Gasteiger charge is -2.04. The summed E-state index contributed by atoms with van der Waals surface area (Å²) < 4.78 is 0. The number of carboxylic acid groups (broad SMARTS) is 1. The number of anilines is 1. The second kappa shape index (κ2) is 6.47. The van der Waals surface area contributed by atoms with Crippen molar-refractivity contribution < 1.29 is 15.0 Å². The van der Waals surface area contributed by atoms with Gasteiger partial charge in [-0.25, -0.2) is 4.79 Å². The number of aromatic carboxylic acids is 1. The summed E-state index contributed by atoms with van der Waals surface area (Å²) in [4.78, 5) is 10.8. The van der Waals surface area contributed by atoms with Crippen LogP contribution in [0.4, 0.5) is 5.69 Å². The molecule has 21 heavy (non-hydrogen) atoms. The van der Waals surface area contributed by atoms with Crippen LogP contribution in [0.1, 0.15) is 15.9 Å². The van der Waals surface area contributed by atoms with Crippen molar-refractivity contribution in [3.8, 4) is 5.75 Å². The van der Waals surface area contributed by atoms with E-state index in [4.69, 9.17) is 28.3 Å². The minimum atomic E-state index is -1.03. The zero-order valence-electron chi connectivity index (χ0n) is 10.5. The van der Waals surface area contributed by atoms with E-state index < -0.39 is 5.97 Å². The Hall–Kier alpha value is -2.24. The van der Waals surface area contributed by atoms with Gasteiger partial charge in [0.1, 0.15) is 5.75 Å². The molecule has 0 atom stereocenters. The molecule has 0 aromatic heterocycles. The van der Waals surface area contributed by atoms with E-state index in [1.807, 2.05) is 0 Å². The van der Waals surface area contributed by atoms with Crippen molar-refractivity contribution in [2.75, 3.05) is 5.43 Å². The predicted molar refractivity (Wildman–Crippen MR) is 82.7 cm³/mol.